The first-order chi connectivity index (χ1) is 11.3. The molecule has 0 amide bonds. The van der Waals surface area contributed by atoms with Gasteiger partial charge in [0, 0.05) is 22.9 Å². The van der Waals surface area contributed by atoms with Gasteiger partial charge in [0.05, 0.1) is 11.4 Å². The highest BCUT2D eigenvalue weighted by Gasteiger charge is 2.13. The Kier molecular flexibility index (Phi) is 4.93. The fourth-order valence-electron chi connectivity index (χ4n) is 2.46. The molecule has 4 heteroatoms. The predicted molar refractivity (Wildman–Crippen MR) is 99.2 cm³/mol. The van der Waals surface area contributed by atoms with Crippen molar-refractivity contribution in [3.05, 3.63) is 60.9 Å². The van der Waals surface area contributed by atoms with Crippen LogP contribution in [-0.2, 0) is 0 Å². The monoisotopic (exact) mass is 321 g/mol. The van der Waals surface area contributed by atoms with E-state index in [0.29, 0.717) is 0 Å². The van der Waals surface area contributed by atoms with Crippen molar-refractivity contribution in [3.8, 4) is 16.8 Å². The van der Waals surface area contributed by atoms with Gasteiger partial charge in [-0.25, -0.2) is 4.68 Å². The lowest BCUT2D eigenvalue weighted by molar-refractivity contribution is 0.881. The van der Waals surface area contributed by atoms with Gasteiger partial charge >= 0.3 is 0 Å². The Morgan fingerprint density at radius 2 is 2.00 bits per heavy atom. The van der Waals surface area contributed by atoms with Gasteiger partial charge in [-0.15, -0.1) is 11.8 Å². The first-order valence-corrected chi connectivity index (χ1v) is 8.65. The minimum Gasteiger partial charge on any atom is -0.263 e. The number of thioether (sulfide) groups is 1. The van der Waals surface area contributed by atoms with Crippen LogP contribution in [-0.4, -0.2) is 22.3 Å². The number of hydrogen-bond donors (Lipinski definition) is 0. The molecule has 0 atom stereocenters. The van der Waals surface area contributed by atoms with Crippen LogP contribution in [0.4, 0.5) is 5.69 Å². The molecule has 0 N–H and O–H groups in total. The molecule has 23 heavy (non-hydrogen) atoms. The van der Waals surface area contributed by atoms with Gasteiger partial charge in [0.15, 0.2) is 0 Å². The van der Waals surface area contributed by atoms with Crippen molar-refractivity contribution in [2.24, 2.45) is 4.99 Å². The highest BCUT2D eigenvalue weighted by molar-refractivity contribution is 7.99. The molecule has 3 rings (SSSR count). The molecule has 3 aromatic rings. The fraction of sp³-hybridized carbons (Fsp3) is 0.158. The lowest BCUT2D eigenvalue weighted by Gasteiger charge is -2.14. The van der Waals surface area contributed by atoms with Crippen LogP contribution >= 0.6 is 11.8 Å². The van der Waals surface area contributed by atoms with Gasteiger partial charge < -0.3 is 0 Å². The largest absolute Gasteiger partial charge is 0.263 e. The van der Waals surface area contributed by atoms with Crippen LogP contribution in [0, 0.1) is 0 Å². The molecule has 0 radical (unpaired) electrons. The Morgan fingerprint density at radius 3 is 2.65 bits per heavy atom. The van der Waals surface area contributed by atoms with E-state index in [1.54, 1.807) is 6.20 Å². The zero-order chi connectivity index (χ0) is 16.1. The number of benzene rings is 2. The average molecular weight is 321 g/mol. The Labute approximate surface area is 141 Å². The molecule has 1 heterocycles. The summed E-state index contributed by atoms with van der Waals surface area (Å²) in [5, 5.41) is 4.39. The minimum absolute atomic E-state index is 0.911. The van der Waals surface area contributed by atoms with E-state index in [1.165, 1.54) is 5.56 Å². The van der Waals surface area contributed by atoms with Crippen molar-refractivity contribution in [1.29, 1.82) is 0 Å². The molecule has 2 aromatic carbocycles. The maximum absolute atomic E-state index is 4.39. The molecular weight excluding hydrogens is 302 g/mol. The molecule has 0 saturated heterocycles. The Balaban J connectivity index is 2.19. The van der Waals surface area contributed by atoms with E-state index in [9.17, 15) is 0 Å². The molecule has 0 saturated carbocycles. The third kappa shape index (κ3) is 3.37. The highest BCUT2D eigenvalue weighted by Crippen LogP contribution is 2.38. The van der Waals surface area contributed by atoms with E-state index in [4.69, 9.17) is 0 Å². The zero-order valence-electron chi connectivity index (χ0n) is 13.1. The van der Waals surface area contributed by atoms with Gasteiger partial charge in [-0.1, -0.05) is 37.3 Å². The summed E-state index contributed by atoms with van der Waals surface area (Å²) in [4.78, 5) is 5.38. The van der Waals surface area contributed by atoms with Crippen LogP contribution in [0.5, 0.6) is 0 Å². The summed E-state index contributed by atoms with van der Waals surface area (Å²) < 4.78 is 1.88. The number of hydrogen-bond acceptors (Lipinski definition) is 3. The van der Waals surface area contributed by atoms with Crippen molar-refractivity contribution < 1.29 is 0 Å². The van der Waals surface area contributed by atoms with Gasteiger partial charge in [0.25, 0.3) is 0 Å². The van der Waals surface area contributed by atoms with E-state index < -0.39 is 0 Å². The van der Waals surface area contributed by atoms with E-state index in [2.05, 4.69) is 60.1 Å². The number of aromatic nitrogens is 2. The minimum atomic E-state index is 0.911. The lowest BCUT2D eigenvalue weighted by Crippen LogP contribution is -1.98. The standard InChI is InChI=1S/C19H19N3S/c1-3-12-23-19-13-16(15-8-5-4-6-9-15)18(14-17(19)20-2)22-11-7-10-21-22/h4-11,13-14H,2-3,12H2,1H3. The van der Waals surface area contributed by atoms with Gasteiger partial charge in [-0.05, 0) is 42.7 Å². The summed E-state index contributed by atoms with van der Waals surface area (Å²) in [5.41, 5.74) is 4.25. The molecule has 0 fully saturated rings. The number of nitrogens with zero attached hydrogens (tertiary/aromatic N) is 3. The van der Waals surface area contributed by atoms with Crippen molar-refractivity contribution in [2.75, 3.05) is 5.75 Å². The molecular formula is C19H19N3S. The maximum Gasteiger partial charge on any atom is 0.0780 e. The fourth-order valence-corrected chi connectivity index (χ4v) is 3.35. The normalized spacial score (nSPS) is 10.7. The Morgan fingerprint density at radius 1 is 1.17 bits per heavy atom. The quantitative estimate of drug-likeness (QED) is 0.451. The number of aliphatic imine (C=N–C) groups is 1. The van der Waals surface area contributed by atoms with Crippen LogP contribution in [0.15, 0.2) is 70.8 Å². The second-order valence-corrected chi connectivity index (χ2v) is 6.30. The molecule has 0 spiro atoms. The summed E-state index contributed by atoms with van der Waals surface area (Å²) in [6.45, 7) is 5.92. The highest BCUT2D eigenvalue weighted by atomic mass is 32.2. The van der Waals surface area contributed by atoms with Gasteiger partial charge in [0.2, 0.25) is 0 Å². The third-order valence-electron chi connectivity index (χ3n) is 3.55. The molecule has 3 nitrogen and oxygen atoms in total. The Bertz CT molecular complexity index is 780. The third-order valence-corrected chi connectivity index (χ3v) is 4.80. The smallest absolute Gasteiger partial charge is 0.0780 e. The molecule has 0 unspecified atom stereocenters. The summed E-state index contributed by atoms with van der Waals surface area (Å²) in [7, 11) is 0. The maximum atomic E-state index is 4.39. The SMILES string of the molecule is C=Nc1cc(-n2cccn2)c(-c2ccccc2)cc1SCCC. The predicted octanol–water partition coefficient (Wildman–Crippen LogP) is 5.37. The van der Waals surface area contributed by atoms with Gasteiger partial charge in [-0.3, -0.25) is 4.99 Å². The van der Waals surface area contributed by atoms with E-state index in [-0.39, 0.29) is 0 Å². The Hall–Kier alpha value is -2.33. The molecule has 0 aliphatic carbocycles. The van der Waals surface area contributed by atoms with Crippen LogP contribution in [0.2, 0.25) is 0 Å². The van der Waals surface area contributed by atoms with Crippen LogP contribution in [0.1, 0.15) is 13.3 Å². The molecule has 1 aromatic heterocycles. The molecule has 0 bridgehead atoms. The molecule has 0 aliphatic heterocycles. The van der Waals surface area contributed by atoms with Crippen molar-refractivity contribution in [3.63, 3.8) is 0 Å². The summed E-state index contributed by atoms with van der Waals surface area (Å²) in [5.74, 6) is 1.07. The molecule has 116 valence electrons. The summed E-state index contributed by atoms with van der Waals surface area (Å²) in [6.07, 6.45) is 4.87. The van der Waals surface area contributed by atoms with Crippen molar-refractivity contribution >= 4 is 24.2 Å². The van der Waals surface area contributed by atoms with E-state index in [0.717, 1.165) is 34.0 Å². The summed E-state index contributed by atoms with van der Waals surface area (Å²) in [6, 6.07) is 16.6. The second-order valence-electron chi connectivity index (χ2n) is 5.16. The van der Waals surface area contributed by atoms with Crippen LogP contribution in [0.25, 0.3) is 16.8 Å². The topological polar surface area (TPSA) is 30.2 Å². The van der Waals surface area contributed by atoms with Crippen molar-refractivity contribution in [2.45, 2.75) is 18.2 Å². The first kappa shape index (κ1) is 15.6. The van der Waals surface area contributed by atoms with Crippen LogP contribution < -0.4 is 0 Å². The van der Waals surface area contributed by atoms with Crippen molar-refractivity contribution in [1.82, 2.24) is 9.78 Å². The molecule has 0 aliphatic rings. The lowest BCUT2D eigenvalue weighted by atomic mass is 10.0. The van der Waals surface area contributed by atoms with E-state index >= 15 is 0 Å². The zero-order valence-corrected chi connectivity index (χ0v) is 14.0. The summed E-state index contributed by atoms with van der Waals surface area (Å²) >= 11 is 1.82. The number of rotatable bonds is 6. The van der Waals surface area contributed by atoms with E-state index in [1.807, 2.05) is 34.8 Å². The first-order valence-electron chi connectivity index (χ1n) is 7.66. The van der Waals surface area contributed by atoms with Gasteiger partial charge in [0.1, 0.15) is 0 Å². The van der Waals surface area contributed by atoms with Crippen LogP contribution in [0.3, 0.4) is 0 Å². The second kappa shape index (κ2) is 7.29. The van der Waals surface area contributed by atoms with Gasteiger partial charge in [-0.2, -0.15) is 5.10 Å². The average Bonchev–Trinajstić information content (AvgIpc) is 3.14.